The average molecular weight is 377 g/mol. The molecule has 0 radical (unpaired) electrons. The van der Waals surface area contributed by atoms with Gasteiger partial charge in [-0.25, -0.2) is 0 Å². The Hall–Kier alpha value is -3.41. The number of H-pyrrole nitrogens is 1. The molecule has 28 heavy (non-hydrogen) atoms. The first kappa shape index (κ1) is 19.4. The highest BCUT2D eigenvalue weighted by Crippen LogP contribution is 2.19. The Labute approximate surface area is 163 Å². The van der Waals surface area contributed by atoms with Crippen LogP contribution in [0.4, 0.5) is 0 Å². The van der Waals surface area contributed by atoms with E-state index in [4.69, 9.17) is 4.74 Å². The Morgan fingerprint density at radius 3 is 2.57 bits per heavy atom. The fourth-order valence-electron chi connectivity index (χ4n) is 2.97. The minimum Gasteiger partial charge on any atom is -0.497 e. The number of carbonyl (C=O) groups is 1. The van der Waals surface area contributed by atoms with Crippen molar-refractivity contribution in [3.8, 4) is 17.0 Å². The molecule has 3 aromatic rings. The molecule has 1 amide bonds. The number of pyridine rings is 2. The second-order valence-corrected chi connectivity index (χ2v) is 6.69. The molecule has 0 unspecified atom stereocenters. The van der Waals surface area contributed by atoms with Crippen LogP contribution in [0.5, 0.6) is 5.75 Å². The van der Waals surface area contributed by atoms with E-state index in [0.29, 0.717) is 12.1 Å². The van der Waals surface area contributed by atoms with Gasteiger partial charge in [0.05, 0.1) is 7.11 Å². The minimum absolute atomic E-state index is 0.0851. The molecule has 0 aliphatic carbocycles. The van der Waals surface area contributed by atoms with Crippen LogP contribution < -0.4 is 15.6 Å². The molecular weight excluding hydrogens is 354 g/mol. The SMILES string of the molecule is COc1ccc(-c2ccc(C(=O)N[C@H](C)Cc3ncccc3C)c(=O)[nH]2)cc1. The van der Waals surface area contributed by atoms with Crippen molar-refractivity contribution in [2.75, 3.05) is 7.11 Å². The third-order valence-electron chi connectivity index (χ3n) is 4.55. The molecule has 1 aromatic carbocycles. The molecule has 0 spiro atoms. The summed E-state index contributed by atoms with van der Waals surface area (Å²) in [4.78, 5) is 32.1. The largest absolute Gasteiger partial charge is 0.497 e. The summed E-state index contributed by atoms with van der Waals surface area (Å²) in [5.41, 5.74) is 3.14. The first-order valence-electron chi connectivity index (χ1n) is 9.07. The van der Waals surface area contributed by atoms with Gasteiger partial charge in [0.2, 0.25) is 0 Å². The van der Waals surface area contributed by atoms with Gasteiger partial charge in [-0.05, 0) is 67.4 Å². The number of hydrogen-bond donors (Lipinski definition) is 2. The van der Waals surface area contributed by atoms with Gasteiger partial charge >= 0.3 is 0 Å². The first-order valence-corrected chi connectivity index (χ1v) is 9.07. The lowest BCUT2D eigenvalue weighted by molar-refractivity contribution is 0.0938. The lowest BCUT2D eigenvalue weighted by atomic mass is 10.1. The number of aryl methyl sites for hydroxylation is 1. The highest BCUT2D eigenvalue weighted by atomic mass is 16.5. The number of nitrogens with one attached hydrogen (secondary N) is 2. The van der Waals surface area contributed by atoms with Gasteiger partial charge in [0.25, 0.3) is 11.5 Å². The Kier molecular flexibility index (Phi) is 5.89. The van der Waals surface area contributed by atoms with Crippen LogP contribution in [-0.4, -0.2) is 29.0 Å². The molecule has 0 aliphatic rings. The molecule has 0 fully saturated rings. The summed E-state index contributed by atoms with van der Waals surface area (Å²) < 4.78 is 5.14. The average Bonchev–Trinajstić information content (AvgIpc) is 2.69. The maximum absolute atomic E-state index is 12.5. The highest BCUT2D eigenvalue weighted by Gasteiger charge is 2.15. The normalized spacial score (nSPS) is 11.7. The second kappa shape index (κ2) is 8.52. The van der Waals surface area contributed by atoms with Gasteiger partial charge in [0.1, 0.15) is 11.3 Å². The summed E-state index contributed by atoms with van der Waals surface area (Å²) >= 11 is 0. The van der Waals surface area contributed by atoms with Gasteiger partial charge in [0.15, 0.2) is 0 Å². The Bertz CT molecular complexity index is 1030. The smallest absolute Gasteiger partial charge is 0.261 e. The fraction of sp³-hybridized carbons (Fsp3) is 0.227. The van der Waals surface area contributed by atoms with E-state index in [-0.39, 0.29) is 11.6 Å². The predicted molar refractivity (Wildman–Crippen MR) is 109 cm³/mol. The van der Waals surface area contributed by atoms with Gasteiger partial charge in [0, 0.05) is 30.0 Å². The molecule has 3 rings (SSSR count). The number of hydrogen-bond acceptors (Lipinski definition) is 4. The number of amides is 1. The van der Waals surface area contributed by atoms with Crippen LogP contribution in [-0.2, 0) is 6.42 Å². The molecule has 0 saturated carbocycles. The number of aromatic nitrogens is 2. The van der Waals surface area contributed by atoms with Crippen molar-refractivity contribution < 1.29 is 9.53 Å². The van der Waals surface area contributed by atoms with Crippen molar-refractivity contribution in [2.24, 2.45) is 0 Å². The molecule has 144 valence electrons. The molecule has 0 saturated heterocycles. The number of ether oxygens (including phenoxy) is 1. The molecular formula is C22H23N3O3. The van der Waals surface area contributed by atoms with E-state index in [2.05, 4.69) is 15.3 Å². The number of benzene rings is 1. The van der Waals surface area contributed by atoms with E-state index in [0.717, 1.165) is 22.6 Å². The van der Waals surface area contributed by atoms with E-state index >= 15 is 0 Å². The molecule has 2 aromatic heterocycles. The summed E-state index contributed by atoms with van der Waals surface area (Å²) in [7, 11) is 1.60. The summed E-state index contributed by atoms with van der Waals surface area (Å²) in [6, 6.07) is 14.3. The molecule has 6 heteroatoms. The minimum atomic E-state index is -0.424. The number of carbonyl (C=O) groups excluding carboxylic acids is 1. The number of rotatable bonds is 6. The van der Waals surface area contributed by atoms with Gasteiger partial charge in [-0.2, -0.15) is 0 Å². The molecule has 2 N–H and O–H groups in total. The van der Waals surface area contributed by atoms with Gasteiger partial charge in [-0.1, -0.05) is 6.07 Å². The number of nitrogens with zero attached hydrogens (tertiary/aromatic N) is 1. The lowest BCUT2D eigenvalue weighted by Crippen LogP contribution is -2.37. The summed E-state index contributed by atoms with van der Waals surface area (Å²) in [6.07, 6.45) is 2.33. The van der Waals surface area contributed by atoms with Crippen LogP contribution in [0.15, 0.2) is 59.5 Å². The third-order valence-corrected chi connectivity index (χ3v) is 4.55. The van der Waals surface area contributed by atoms with Crippen LogP contribution in [0.3, 0.4) is 0 Å². The van der Waals surface area contributed by atoms with Crippen LogP contribution in [0, 0.1) is 6.92 Å². The predicted octanol–water partition coefficient (Wildman–Crippen LogP) is 3.11. The summed E-state index contributed by atoms with van der Waals surface area (Å²) in [5, 5.41) is 2.87. The van der Waals surface area contributed by atoms with Crippen molar-refractivity contribution >= 4 is 5.91 Å². The van der Waals surface area contributed by atoms with Crippen molar-refractivity contribution in [1.82, 2.24) is 15.3 Å². The molecule has 2 heterocycles. The maximum Gasteiger partial charge on any atom is 0.261 e. The van der Waals surface area contributed by atoms with Gasteiger partial charge < -0.3 is 15.0 Å². The van der Waals surface area contributed by atoms with Crippen molar-refractivity contribution in [3.05, 3.63) is 81.9 Å². The van der Waals surface area contributed by atoms with Crippen molar-refractivity contribution in [2.45, 2.75) is 26.3 Å². The van der Waals surface area contributed by atoms with Crippen LogP contribution in [0.2, 0.25) is 0 Å². The van der Waals surface area contributed by atoms with Crippen molar-refractivity contribution in [1.29, 1.82) is 0 Å². The quantitative estimate of drug-likeness (QED) is 0.691. The van der Waals surface area contributed by atoms with Crippen molar-refractivity contribution in [3.63, 3.8) is 0 Å². The van der Waals surface area contributed by atoms with Crippen LogP contribution in [0.25, 0.3) is 11.3 Å². The monoisotopic (exact) mass is 377 g/mol. The zero-order chi connectivity index (χ0) is 20.1. The first-order chi connectivity index (χ1) is 13.5. The van der Waals surface area contributed by atoms with Crippen LogP contribution in [0.1, 0.15) is 28.5 Å². The van der Waals surface area contributed by atoms with E-state index in [1.54, 1.807) is 25.4 Å². The Morgan fingerprint density at radius 2 is 1.93 bits per heavy atom. The molecule has 0 aliphatic heterocycles. The molecule has 0 bridgehead atoms. The lowest BCUT2D eigenvalue weighted by Gasteiger charge is -2.14. The third kappa shape index (κ3) is 4.46. The number of aromatic amines is 1. The highest BCUT2D eigenvalue weighted by molar-refractivity contribution is 5.94. The number of methoxy groups -OCH3 is 1. The van der Waals surface area contributed by atoms with E-state index in [1.165, 1.54) is 0 Å². The van der Waals surface area contributed by atoms with Gasteiger partial charge in [-0.3, -0.25) is 14.6 Å². The summed E-state index contributed by atoms with van der Waals surface area (Å²) in [5.74, 6) is 0.336. The standard InChI is InChI=1S/C22H23N3O3/c1-14-5-4-12-23-20(14)13-15(2)24-21(26)18-10-11-19(25-22(18)27)16-6-8-17(28-3)9-7-16/h4-12,15H,13H2,1-3H3,(H,24,26)(H,25,27)/t15-/m1/s1. The van der Waals surface area contributed by atoms with Gasteiger partial charge in [-0.15, -0.1) is 0 Å². The zero-order valence-electron chi connectivity index (χ0n) is 16.2. The Balaban J connectivity index is 1.71. The fourth-order valence-corrected chi connectivity index (χ4v) is 2.97. The second-order valence-electron chi connectivity index (χ2n) is 6.69. The zero-order valence-corrected chi connectivity index (χ0v) is 16.2. The van der Waals surface area contributed by atoms with E-state index in [9.17, 15) is 9.59 Å². The van der Waals surface area contributed by atoms with Crippen LogP contribution >= 0.6 is 0 Å². The maximum atomic E-state index is 12.5. The molecule has 6 nitrogen and oxygen atoms in total. The molecule has 1 atom stereocenters. The topological polar surface area (TPSA) is 84.1 Å². The summed E-state index contributed by atoms with van der Waals surface area (Å²) in [6.45, 7) is 3.88. The Morgan fingerprint density at radius 1 is 1.18 bits per heavy atom. The van der Waals surface area contributed by atoms with E-state index in [1.807, 2.05) is 50.2 Å². The van der Waals surface area contributed by atoms with E-state index < -0.39 is 11.5 Å².